The van der Waals surface area contributed by atoms with Crippen LogP contribution in [0.3, 0.4) is 0 Å². The molecule has 114 valence electrons. The van der Waals surface area contributed by atoms with Crippen LogP contribution in [0.1, 0.15) is 10.4 Å². The highest BCUT2D eigenvalue weighted by molar-refractivity contribution is 6.30. The summed E-state index contributed by atoms with van der Waals surface area (Å²) in [6.45, 7) is 4.87. The minimum atomic E-state index is -0.955. The van der Waals surface area contributed by atoms with Crippen LogP contribution in [0.5, 0.6) is 5.75 Å². The van der Waals surface area contributed by atoms with Crippen LogP contribution in [-0.4, -0.2) is 24.2 Å². The van der Waals surface area contributed by atoms with Crippen molar-refractivity contribution in [2.45, 2.75) is 0 Å². The third-order valence-corrected chi connectivity index (χ3v) is 3.18. The van der Waals surface area contributed by atoms with Gasteiger partial charge in [0.25, 0.3) is 0 Å². The number of anilines is 1. The van der Waals surface area contributed by atoms with Gasteiger partial charge in [0.1, 0.15) is 12.4 Å². The summed E-state index contributed by atoms with van der Waals surface area (Å²) < 4.78 is 5.56. The zero-order valence-electron chi connectivity index (χ0n) is 11.9. The third-order valence-electron chi connectivity index (χ3n) is 2.93. The number of benzene rings is 2. The summed E-state index contributed by atoms with van der Waals surface area (Å²) in [7, 11) is 0. The van der Waals surface area contributed by atoms with Gasteiger partial charge in [0.05, 0.1) is 5.56 Å². The lowest BCUT2D eigenvalue weighted by molar-refractivity contribution is 0.0697. The highest BCUT2D eigenvalue weighted by Gasteiger charge is 2.03. The van der Waals surface area contributed by atoms with Crippen molar-refractivity contribution >= 4 is 23.3 Å². The minimum Gasteiger partial charge on any atom is -0.489 e. The van der Waals surface area contributed by atoms with E-state index in [4.69, 9.17) is 21.4 Å². The van der Waals surface area contributed by atoms with E-state index in [0.29, 0.717) is 23.9 Å². The highest BCUT2D eigenvalue weighted by atomic mass is 35.5. The molecule has 0 radical (unpaired) electrons. The molecule has 4 nitrogen and oxygen atoms in total. The van der Waals surface area contributed by atoms with Crippen LogP contribution in [0.15, 0.2) is 60.7 Å². The van der Waals surface area contributed by atoms with Crippen LogP contribution in [-0.2, 0) is 0 Å². The number of hydrogen-bond acceptors (Lipinski definition) is 3. The van der Waals surface area contributed by atoms with Crippen LogP contribution in [0.25, 0.3) is 0 Å². The first-order chi connectivity index (χ1) is 10.5. The van der Waals surface area contributed by atoms with Crippen LogP contribution >= 0.6 is 11.6 Å². The van der Waals surface area contributed by atoms with Gasteiger partial charge in [0, 0.05) is 17.3 Å². The van der Waals surface area contributed by atoms with Crippen molar-refractivity contribution in [1.29, 1.82) is 0 Å². The molecule has 0 aliphatic carbocycles. The maximum Gasteiger partial charge on any atom is 0.335 e. The van der Waals surface area contributed by atoms with Crippen LogP contribution in [0.4, 0.5) is 5.69 Å². The molecule has 2 N–H and O–H groups in total. The molecule has 0 saturated heterocycles. The molecular weight excluding hydrogens is 302 g/mol. The maximum absolute atomic E-state index is 10.7. The molecule has 0 unspecified atom stereocenters. The SMILES string of the molecule is C=C(CNc1ccc(Cl)cc1)COc1ccc(C(=O)O)cc1. The average Bonchev–Trinajstić information content (AvgIpc) is 2.52. The van der Waals surface area contributed by atoms with Crippen LogP contribution in [0.2, 0.25) is 5.02 Å². The number of halogens is 1. The summed E-state index contributed by atoms with van der Waals surface area (Å²) in [4.78, 5) is 10.7. The average molecular weight is 318 g/mol. The van der Waals surface area contributed by atoms with E-state index in [9.17, 15) is 4.79 Å². The number of carboxylic acid groups (broad SMARTS) is 1. The first kappa shape index (κ1) is 15.9. The van der Waals surface area contributed by atoms with Gasteiger partial charge in [-0.15, -0.1) is 0 Å². The van der Waals surface area contributed by atoms with E-state index in [1.54, 1.807) is 12.1 Å². The Morgan fingerprint density at radius 1 is 1.14 bits per heavy atom. The van der Waals surface area contributed by atoms with Crippen molar-refractivity contribution < 1.29 is 14.6 Å². The van der Waals surface area contributed by atoms with Gasteiger partial charge in [0.15, 0.2) is 0 Å². The Hall–Kier alpha value is -2.46. The van der Waals surface area contributed by atoms with E-state index in [1.807, 2.05) is 24.3 Å². The molecule has 0 saturated carbocycles. The smallest absolute Gasteiger partial charge is 0.335 e. The Morgan fingerprint density at radius 3 is 2.36 bits per heavy atom. The van der Waals surface area contributed by atoms with Crippen molar-refractivity contribution in [3.05, 3.63) is 71.3 Å². The predicted octanol–water partition coefficient (Wildman–Crippen LogP) is 4.09. The van der Waals surface area contributed by atoms with Crippen molar-refractivity contribution in [3.8, 4) is 5.75 Å². The topological polar surface area (TPSA) is 58.6 Å². The molecule has 2 rings (SSSR count). The van der Waals surface area contributed by atoms with E-state index in [2.05, 4.69) is 11.9 Å². The van der Waals surface area contributed by atoms with Gasteiger partial charge < -0.3 is 15.2 Å². The number of carbonyl (C=O) groups is 1. The highest BCUT2D eigenvalue weighted by Crippen LogP contribution is 2.15. The molecule has 0 amide bonds. The summed E-state index contributed by atoms with van der Waals surface area (Å²) in [6.07, 6.45) is 0. The fourth-order valence-electron chi connectivity index (χ4n) is 1.72. The van der Waals surface area contributed by atoms with Crippen molar-refractivity contribution in [2.75, 3.05) is 18.5 Å². The minimum absolute atomic E-state index is 0.232. The van der Waals surface area contributed by atoms with Gasteiger partial charge in [-0.05, 0) is 54.1 Å². The fourth-order valence-corrected chi connectivity index (χ4v) is 1.85. The number of nitrogens with one attached hydrogen (secondary N) is 1. The Morgan fingerprint density at radius 2 is 1.77 bits per heavy atom. The first-order valence-electron chi connectivity index (χ1n) is 6.67. The monoisotopic (exact) mass is 317 g/mol. The standard InChI is InChI=1S/C17H16ClNO3/c1-12(10-19-15-6-4-14(18)5-7-15)11-22-16-8-2-13(3-9-16)17(20)21/h2-9,19H,1,10-11H2,(H,20,21). The van der Waals surface area contributed by atoms with Gasteiger partial charge in [0.2, 0.25) is 0 Å². The molecule has 0 aliphatic rings. The lowest BCUT2D eigenvalue weighted by atomic mass is 10.2. The van der Waals surface area contributed by atoms with Crippen LogP contribution in [0, 0.1) is 0 Å². The molecule has 0 fully saturated rings. The van der Waals surface area contributed by atoms with E-state index < -0.39 is 5.97 Å². The molecule has 0 aromatic heterocycles. The molecule has 0 heterocycles. The molecule has 22 heavy (non-hydrogen) atoms. The Balaban J connectivity index is 1.77. The number of hydrogen-bond donors (Lipinski definition) is 2. The Bertz CT molecular complexity index is 651. The summed E-state index contributed by atoms with van der Waals surface area (Å²) in [5.41, 5.74) is 2.06. The summed E-state index contributed by atoms with van der Waals surface area (Å²) >= 11 is 5.82. The first-order valence-corrected chi connectivity index (χ1v) is 7.04. The molecule has 0 bridgehead atoms. The fraction of sp³-hybridized carbons (Fsp3) is 0.118. The lowest BCUT2D eigenvalue weighted by Crippen LogP contribution is -2.10. The molecule has 5 heteroatoms. The Labute approximate surface area is 134 Å². The van der Waals surface area contributed by atoms with Gasteiger partial charge in [-0.2, -0.15) is 0 Å². The van der Waals surface area contributed by atoms with E-state index in [1.165, 1.54) is 12.1 Å². The zero-order chi connectivity index (χ0) is 15.9. The largest absolute Gasteiger partial charge is 0.489 e. The predicted molar refractivity (Wildman–Crippen MR) is 88.0 cm³/mol. The normalized spacial score (nSPS) is 10.0. The molecule has 0 spiro atoms. The lowest BCUT2D eigenvalue weighted by Gasteiger charge is -2.11. The van der Waals surface area contributed by atoms with E-state index in [-0.39, 0.29) is 5.56 Å². The number of ether oxygens (including phenoxy) is 1. The summed E-state index contributed by atoms with van der Waals surface area (Å²) in [5, 5.41) is 12.7. The van der Waals surface area contributed by atoms with Crippen molar-refractivity contribution in [1.82, 2.24) is 0 Å². The second kappa shape index (κ2) is 7.52. The summed E-state index contributed by atoms with van der Waals surface area (Å²) in [5.74, 6) is -0.347. The van der Waals surface area contributed by atoms with Crippen LogP contribution < -0.4 is 10.1 Å². The van der Waals surface area contributed by atoms with Crippen molar-refractivity contribution in [2.24, 2.45) is 0 Å². The number of rotatable bonds is 7. The zero-order valence-corrected chi connectivity index (χ0v) is 12.6. The van der Waals surface area contributed by atoms with Gasteiger partial charge in [-0.3, -0.25) is 0 Å². The van der Waals surface area contributed by atoms with Gasteiger partial charge >= 0.3 is 5.97 Å². The maximum atomic E-state index is 10.7. The summed E-state index contributed by atoms with van der Waals surface area (Å²) in [6, 6.07) is 13.7. The molecule has 2 aromatic rings. The quantitative estimate of drug-likeness (QED) is 0.755. The number of carboxylic acids is 1. The molecular formula is C17H16ClNO3. The van der Waals surface area contributed by atoms with E-state index >= 15 is 0 Å². The van der Waals surface area contributed by atoms with Gasteiger partial charge in [-0.25, -0.2) is 4.79 Å². The second-order valence-electron chi connectivity index (χ2n) is 4.73. The van der Waals surface area contributed by atoms with Gasteiger partial charge in [-0.1, -0.05) is 18.2 Å². The molecule has 2 aromatic carbocycles. The third kappa shape index (κ3) is 4.82. The van der Waals surface area contributed by atoms with Crippen molar-refractivity contribution in [3.63, 3.8) is 0 Å². The number of aromatic carboxylic acids is 1. The molecule has 0 atom stereocenters. The Kier molecular flexibility index (Phi) is 5.44. The molecule has 0 aliphatic heterocycles. The van der Waals surface area contributed by atoms with E-state index in [0.717, 1.165) is 11.3 Å². The second-order valence-corrected chi connectivity index (χ2v) is 5.17.